The Morgan fingerprint density at radius 3 is 2.56 bits per heavy atom. The Balaban J connectivity index is 1.10. The molecule has 0 aliphatic carbocycles. The number of hydrogen-bond donors (Lipinski definition) is 1. The molecule has 3 aliphatic rings. The van der Waals surface area contributed by atoms with Crippen LogP contribution in [0.5, 0.6) is 5.75 Å². The molecule has 0 spiro atoms. The van der Waals surface area contributed by atoms with Gasteiger partial charge in [-0.2, -0.15) is 0 Å². The smallest absolute Gasteiger partial charge is 0.164 e. The van der Waals surface area contributed by atoms with Crippen molar-refractivity contribution in [3.05, 3.63) is 66.3 Å². The van der Waals surface area contributed by atoms with Crippen LogP contribution in [-0.2, 0) is 16.0 Å². The monoisotopic (exact) mass is 553 g/mol. The highest BCUT2D eigenvalue weighted by Gasteiger charge is 2.25. The molecule has 10 heteroatoms. The Bertz CT molecular complexity index is 1540. The third kappa shape index (κ3) is 5.55. The lowest BCUT2D eigenvalue weighted by molar-refractivity contribution is 0.122. The Labute approximate surface area is 239 Å². The lowest BCUT2D eigenvalue weighted by atomic mass is 10.0. The first kappa shape index (κ1) is 26.1. The molecule has 0 atom stereocenters. The minimum Gasteiger partial charge on any atom is -0.508 e. The fourth-order valence-corrected chi connectivity index (χ4v) is 6.03. The van der Waals surface area contributed by atoms with Gasteiger partial charge in [0.25, 0.3) is 0 Å². The lowest BCUT2D eigenvalue weighted by Gasteiger charge is -2.33. The largest absolute Gasteiger partial charge is 0.508 e. The normalized spacial score (nSPS) is 19.0. The Kier molecular flexibility index (Phi) is 7.35. The van der Waals surface area contributed by atoms with Gasteiger partial charge in [-0.3, -0.25) is 4.90 Å². The van der Waals surface area contributed by atoms with Gasteiger partial charge in [-0.15, -0.1) is 0 Å². The van der Waals surface area contributed by atoms with E-state index in [0.717, 1.165) is 99.0 Å². The van der Waals surface area contributed by atoms with E-state index in [2.05, 4.69) is 32.6 Å². The van der Waals surface area contributed by atoms with E-state index in [4.69, 9.17) is 29.4 Å². The third-order valence-electron chi connectivity index (χ3n) is 8.29. The highest BCUT2D eigenvalue weighted by Crippen LogP contribution is 2.33. The van der Waals surface area contributed by atoms with Crippen molar-refractivity contribution in [1.29, 1.82) is 0 Å². The number of ether oxygens (including phenoxy) is 2. The van der Waals surface area contributed by atoms with Gasteiger partial charge in [0.05, 0.1) is 38.4 Å². The second-order valence-electron chi connectivity index (χ2n) is 11.0. The summed E-state index contributed by atoms with van der Waals surface area (Å²) in [5.74, 6) is 1.83. The van der Waals surface area contributed by atoms with Gasteiger partial charge >= 0.3 is 0 Å². The van der Waals surface area contributed by atoms with Crippen LogP contribution in [0.3, 0.4) is 0 Å². The van der Waals surface area contributed by atoms with Crippen LogP contribution in [0.4, 0.5) is 5.82 Å². The second-order valence-corrected chi connectivity index (χ2v) is 11.0. The van der Waals surface area contributed by atoms with Gasteiger partial charge in [0.2, 0.25) is 0 Å². The minimum atomic E-state index is 0.199. The predicted molar refractivity (Wildman–Crippen MR) is 157 cm³/mol. The molecule has 41 heavy (non-hydrogen) atoms. The quantitative estimate of drug-likeness (QED) is 0.379. The summed E-state index contributed by atoms with van der Waals surface area (Å²) in [5, 5.41) is 10.1. The number of aromatic nitrogens is 5. The molecule has 3 aromatic heterocycles. The average Bonchev–Trinajstić information content (AvgIpc) is 3.46. The summed E-state index contributed by atoms with van der Waals surface area (Å²) >= 11 is 0. The van der Waals surface area contributed by atoms with Gasteiger partial charge in [-0.1, -0.05) is 24.3 Å². The highest BCUT2D eigenvalue weighted by molar-refractivity contribution is 5.87. The maximum atomic E-state index is 10.1. The van der Waals surface area contributed by atoms with Gasteiger partial charge in [-0.25, -0.2) is 19.9 Å². The van der Waals surface area contributed by atoms with Crippen LogP contribution in [0.15, 0.2) is 55.0 Å². The molecular weight excluding hydrogens is 518 g/mol. The summed E-state index contributed by atoms with van der Waals surface area (Å²) in [6.45, 7) is 7.47. The zero-order valence-corrected chi connectivity index (χ0v) is 23.2. The van der Waals surface area contributed by atoms with Crippen molar-refractivity contribution in [2.24, 2.45) is 0 Å². The Morgan fingerprint density at radius 1 is 0.927 bits per heavy atom. The average molecular weight is 554 g/mol. The number of phenols is 1. The van der Waals surface area contributed by atoms with E-state index >= 15 is 0 Å². The van der Waals surface area contributed by atoms with Gasteiger partial charge in [0.15, 0.2) is 11.5 Å². The van der Waals surface area contributed by atoms with Gasteiger partial charge < -0.3 is 24.0 Å². The number of piperidine rings is 1. The molecular formula is C31H35N7O3. The van der Waals surface area contributed by atoms with Crippen LogP contribution in [0.2, 0.25) is 0 Å². The molecule has 4 aromatic rings. The van der Waals surface area contributed by atoms with Crippen LogP contribution < -0.4 is 4.90 Å². The first-order chi connectivity index (χ1) is 20.2. The summed E-state index contributed by atoms with van der Waals surface area (Å²) in [6.07, 6.45) is 8.87. The fourth-order valence-electron chi connectivity index (χ4n) is 6.03. The van der Waals surface area contributed by atoms with E-state index in [1.165, 1.54) is 5.56 Å². The van der Waals surface area contributed by atoms with Crippen molar-refractivity contribution in [3.8, 4) is 17.1 Å². The molecule has 0 amide bonds. The molecule has 6 heterocycles. The van der Waals surface area contributed by atoms with Crippen molar-refractivity contribution in [3.63, 3.8) is 0 Å². The molecule has 2 fully saturated rings. The maximum absolute atomic E-state index is 10.1. The summed E-state index contributed by atoms with van der Waals surface area (Å²) in [6, 6.07) is 11.8. The lowest BCUT2D eigenvalue weighted by Crippen LogP contribution is -2.36. The topological polar surface area (TPSA) is 102 Å². The van der Waals surface area contributed by atoms with Crippen molar-refractivity contribution >= 4 is 22.6 Å². The summed E-state index contributed by atoms with van der Waals surface area (Å²) in [7, 11) is 0. The molecule has 0 unspecified atom stereocenters. The van der Waals surface area contributed by atoms with Crippen molar-refractivity contribution in [1.82, 2.24) is 29.4 Å². The number of morpholine rings is 1. The molecule has 1 aromatic carbocycles. The molecule has 0 saturated carbocycles. The number of benzene rings is 1. The molecule has 1 N–H and O–H groups in total. The number of aromatic hydroxyl groups is 1. The molecule has 7 rings (SSSR count). The van der Waals surface area contributed by atoms with Crippen LogP contribution >= 0.6 is 0 Å². The minimum absolute atomic E-state index is 0.199. The van der Waals surface area contributed by atoms with E-state index in [0.29, 0.717) is 25.1 Å². The van der Waals surface area contributed by atoms with E-state index < -0.39 is 0 Å². The highest BCUT2D eigenvalue weighted by atomic mass is 16.5. The van der Waals surface area contributed by atoms with Crippen LogP contribution in [0, 0.1) is 0 Å². The second kappa shape index (κ2) is 11.6. The van der Waals surface area contributed by atoms with E-state index in [1.807, 2.05) is 24.7 Å². The van der Waals surface area contributed by atoms with Crippen LogP contribution in [0.1, 0.15) is 36.6 Å². The van der Waals surface area contributed by atoms with Crippen LogP contribution in [0.25, 0.3) is 28.1 Å². The molecule has 3 aliphatic heterocycles. The number of hydrogen-bond acceptors (Lipinski definition) is 9. The summed E-state index contributed by atoms with van der Waals surface area (Å²) in [4.78, 5) is 24.3. The number of rotatable bonds is 6. The van der Waals surface area contributed by atoms with Crippen molar-refractivity contribution in [2.45, 2.75) is 31.8 Å². The number of anilines is 1. The molecule has 0 bridgehead atoms. The van der Waals surface area contributed by atoms with E-state index in [1.54, 1.807) is 12.1 Å². The Morgan fingerprint density at radius 2 is 1.80 bits per heavy atom. The first-order valence-electron chi connectivity index (χ1n) is 14.5. The number of likely N-dealkylation sites (tertiary alicyclic amines) is 1. The standard InChI is InChI=1S/C31H35N7O3/c39-26-3-1-2-24(18-26)30-34-28(23-8-14-40-15-9-23)29-31(35-30)38(21-33-29)25-6-10-36(11-7-25)20-22-4-5-27(32-19-22)37-12-16-41-17-13-37/h1-5,8,18-19,21,25,39H,6-7,9-17,20H2. The molecule has 10 nitrogen and oxygen atoms in total. The maximum Gasteiger partial charge on any atom is 0.164 e. The van der Waals surface area contributed by atoms with E-state index in [-0.39, 0.29) is 5.75 Å². The number of imidazole rings is 1. The first-order valence-corrected chi connectivity index (χ1v) is 14.5. The zero-order chi connectivity index (χ0) is 27.6. The van der Waals surface area contributed by atoms with Crippen LogP contribution in [-0.4, -0.2) is 87.1 Å². The third-order valence-corrected chi connectivity index (χ3v) is 8.29. The number of nitrogens with zero attached hydrogens (tertiary/aromatic N) is 7. The molecule has 2 saturated heterocycles. The van der Waals surface area contributed by atoms with Gasteiger partial charge in [0, 0.05) is 50.5 Å². The SMILES string of the molecule is Oc1cccc(-c2nc(C3=CCOCC3)c3ncn(C4CCN(Cc5ccc(N6CCOCC6)nc5)CC4)c3n2)c1. The number of pyridine rings is 1. The fraction of sp³-hybridized carbons (Fsp3) is 0.419. The zero-order valence-electron chi connectivity index (χ0n) is 23.2. The summed E-state index contributed by atoms with van der Waals surface area (Å²) < 4.78 is 13.3. The van der Waals surface area contributed by atoms with Gasteiger partial charge in [0.1, 0.15) is 17.1 Å². The summed E-state index contributed by atoms with van der Waals surface area (Å²) in [5.41, 5.74) is 5.71. The number of fused-ring (bicyclic) bond motifs is 1. The Hall–Kier alpha value is -3.86. The van der Waals surface area contributed by atoms with E-state index in [9.17, 15) is 5.11 Å². The van der Waals surface area contributed by atoms with Gasteiger partial charge in [-0.05, 0) is 48.6 Å². The van der Waals surface area contributed by atoms with Crippen molar-refractivity contribution in [2.75, 3.05) is 57.5 Å². The van der Waals surface area contributed by atoms with Crippen molar-refractivity contribution < 1.29 is 14.6 Å². The number of phenolic OH excluding ortho intramolecular Hbond substituents is 1. The predicted octanol–water partition coefficient (Wildman–Crippen LogP) is 4.07. The molecule has 0 radical (unpaired) electrons. The molecule has 212 valence electrons.